The van der Waals surface area contributed by atoms with Gasteiger partial charge in [0.15, 0.2) is 5.96 Å². The molecule has 1 aromatic carbocycles. The molecule has 0 aliphatic heterocycles. The number of carbonyl (C=O) groups is 1. The van der Waals surface area contributed by atoms with Crippen LogP contribution in [-0.4, -0.2) is 48.4 Å². The molecule has 0 radical (unpaired) electrons. The van der Waals surface area contributed by atoms with Crippen molar-refractivity contribution in [3.8, 4) is 0 Å². The Morgan fingerprint density at radius 2 is 2.00 bits per heavy atom. The number of rotatable bonds is 7. The van der Waals surface area contributed by atoms with Crippen molar-refractivity contribution in [2.75, 3.05) is 26.7 Å². The van der Waals surface area contributed by atoms with E-state index < -0.39 is 0 Å². The second-order valence-electron chi connectivity index (χ2n) is 5.68. The van der Waals surface area contributed by atoms with Crippen molar-refractivity contribution in [2.45, 2.75) is 13.5 Å². The molecule has 1 amide bonds. The zero-order valence-corrected chi connectivity index (χ0v) is 19.4. The molecule has 0 spiro atoms. The fourth-order valence-corrected chi connectivity index (χ4v) is 2.77. The molecule has 0 fully saturated rings. The van der Waals surface area contributed by atoms with E-state index in [0.29, 0.717) is 18.7 Å². The van der Waals surface area contributed by atoms with Crippen molar-refractivity contribution in [2.24, 2.45) is 4.99 Å². The predicted octanol–water partition coefficient (Wildman–Crippen LogP) is 3.29. The van der Waals surface area contributed by atoms with Crippen LogP contribution in [0.5, 0.6) is 0 Å². The van der Waals surface area contributed by atoms with E-state index in [1.54, 1.807) is 24.5 Å². The molecule has 0 atom stereocenters. The predicted molar refractivity (Wildman–Crippen MR) is 124 cm³/mol. The zero-order chi connectivity index (χ0) is 18.8. The van der Waals surface area contributed by atoms with E-state index in [2.05, 4.69) is 47.5 Å². The van der Waals surface area contributed by atoms with Crippen molar-refractivity contribution >= 4 is 51.8 Å². The number of guanidine groups is 1. The molecule has 2 rings (SSSR count). The zero-order valence-electron chi connectivity index (χ0n) is 15.5. The molecule has 2 aromatic rings. The van der Waals surface area contributed by atoms with Crippen LogP contribution < -0.4 is 10.6 Å². The highest BCUT2D eigenvalue weighted by Crippen LogP contribution is 2.17. The Morgan fingerprint density at radius 1 is 1.22 bits per heavy atom. The molecule has 0 bridgehead atoms. The van der Waals surface area contributed by atoms with Gasteiger partial charge in [0.1, 0.15) is 0 Å². The number of pyridine rings is 1. The number of nitrogens with zero attached hydrogens (tertiary/aromatic N) is 3. The molecule has 146 valence electrons. The van der Waals surface area contributed by atoms with Crippen LogP contribution in [0.25, 0.3) is 0 Å². The number of hydrogen-bond donors (Lipinski definition) is 2. The van der Waals surface area contributed by atoms with Gasteiger partial charge in [-0.2, -0.15) is 0 Å². The maximum absolute atomic E-state index is 12.0. The van der Waals surface area contributed by atoms with Gasteiger partial charge in [-0.05, 0) is 30.7 Å². The number of nitrogens with one attached hydrogen (secondary N) is 2. The summed E-state index contributed by atoms with van der Waals surface area (Å²) in [6, 6.07) is 11.6. The van der Waals surface area contributed by atoms with E-state index in [1.165, 1.54) is 5.56 Å². The summed E-state index contributed by atoms with van der Waals surface area (Å²) in [5.74, 6) is 0.666. The number of amides is 1. The first kappa shape index (κ1) is 23.4. The number of carbonyl (C=O) groups excluding carboxylic acids is 1. The van der Waals surface area contributed by atoms with Crippen LogP contribution in [0, 0.1) is 0 Å². The normalized spacial score (nSPS) is 10.7. The number of aromatic nitrogens is 1. The number of aliphatic imine (C=N–C) groups is 1. The van der Waals surface area contributed by atoms with Crippen molar-refractivity contribution in [3.63, 3.8) is 0 Å². The SMILES string of the molecule is CCNC(=NCCNC(=O)c1cccnc1)N(C)Cc1ccccc1Br.I. The Hall–Kier alpha value is -1.68. The van der Waals surface area contributed by atoms with Crippen molar-refractivity contribution in [1.29, 1.82) is 0 Å². The average molecular weight is 546 g/mol. The van der Waals surface area contributed by atoms with Gasteiger partial charge in [0.25, 0.3) is 5.91 Å². The number of hydrogen-bond acceptors (Lipinski definition) is 3. The first-order valence-corrected chi connectivity index (χ1v) is 9.32. The number of halogens is 2. The van der Waals surface area contributed by atoms with Crippen LogP contribution in [0.3, 0.4) is 0 Å². The van der Waals surface area contributed by atoms with Crippen LogP contribution in [0.15, 0.2) is 58.3 Å². The van der Waals surface area contributed by atoms with E-state index in [4.69, 9.17) is 0 Å². The molecule has 0 aliphatic rings. The third-order valence-corrected chi connectivity index (χ3v) is 4.42. The summed E-state index contributed by atoms with van der Waals surface area (Å²) in [4.78, 5) is 22.6. The molecule has 8 heteroatoms. The van der Waals surface area contributed by atoms with Crippen LogP contribution >= 0.6 is 39.9 Å². The quantitative estimate of drug-likeness (QED) is 0.242. The van der Waals surface area contributed by atoms with Crippen LogP contribution in [0.1, 0.15) is 22.8 Å². The highest BCUT2D eigenvalue weighted by molar-refractivity contribution is 14.0. The van der Waals surface area contributed by atoms with E-state index >= 15 is 0 Å². The van der Waals surface area contributed by atoms with Crippen molar-refractivity contribution < 1.29 is 4.79 Å². The molecule has 0 aliphatic carbocycles. The molecule has 0 saturated heterocycles. The van der Waals surface area contributed by atoms with Gasteiger partial charge in [0, 0.05) is 43.5 Å². The minimum atomic E-state index is -0.139. The Labute approximate surface area is 186 Å². The summed E-state index contributed by atoms with van der Waals surface area (Å²) in [5, 5.41) is 6.13. The lowest BCUT2D eigenvalue weighted by Crippen LogP contribution is -2.39. The Morgan fingerprint density at radius 3 is 2.67 bits per heavy atom. The molecular formula is C19H25BrIN5O. The van der Waals surface area contributed by atoms with E-state index in [9.17, 15) is 4.79 Å². The molecule has 2 N–H and O–H groups in total. The summed E-state index contributed by atoms with van der Waals surface area (Å²) in [6.45, 7) is 4.50. The lowest BCUT2D eigenvalue weighted by atomic mass is 10.2. The van der Waals surface area contributed by atoms with Crippen LogP contribution in [-0.2, 0) is 6.54 Å². The highest BCUT2D eigenvalue weighted by atomic mass is 127. The minimum Gasteiger partial charge on any atom is -0.357 e. The maximum Gasteiger partial charge on any atom is 0.252 e. The van der Waals surface area contributed by atoms with E-state index in [0.717, 1.165) is 23.5 Å². The van der Waals surface area contributed by atoms with Gasteiger partial charge < -0.3 is 15.5 Å². The van der Waals surface area contributed by atoms with Crippen molar-refractivity contribution in [1.82, 2.24) is 20.5 Å². The monoisotopic (exact) mass is 545 g/mol. The average Bonchev–Trinajstić information content (AvgIpc) is 2.66. The first-order chi connectivity index (χ1) is 12.6. The minimum absolute atomic E-state index is 0. The molecule has 1 aromatic heterocycles. The van der Waals surface area contributed by atoms with Crippen LogP contribution in [0.2, 0.25) is 0 Å². The lowest BCUT2D eigenvalue weighted by molar-refractivity contribution is 0.0954. The maximum atomic E-state index is 12.0. The van der Waals surface area contributed by atoms with Gasteiger partial charge in [-0.3, -0.25) is 14.8 Å². The first-order valence-electron chi connectivity index (χ1n) is 8.53. The number of benzene rings is 1. The second-order valence-corrected chi connectivity index (χ2v) is 6.54. The Balaban J connectivity index is 0.00000364. The van der Waals surface area contributed by atoms with Gasteiger partial charge in [0.05, 0.1) is 12.1 Å². The third-order valence-electron chi connectivity index (χ3n) is 3.64. The van der Waals surface area contributed by atoms with Crippen LogP contribution in [0.4, 0.5) is 0 Å². The van der Waals surface area contributed by atoms with Crippen molar-refractivity contribution in [3.05, 3.63) is 64.4 Å². The van der Waals surface area contributed by atoms with Gasteiger partial charge in [-0.1, -0.05) is 34.1 Å². The van der Waals surface area contributed by atoms with Gasteiger partial charge >= 0.3 is 0 Å². The molecule has 27 heavy (non-hydrogen) atoms. The molecule has 0 unspecified atom stereocenters. The standard InChI is InChI=1S/C19H24BrN5O.HI/c1-3-22-19(25(2)14-16-7-4-5-9-17(16)20)24-12-11-23-18(26)15-8-6-10-21-13-15;/h4-10,13H,3,11-12,14H2,1-2H3,(H,22,24)(H,23,26);1H. The smallest absolute Gasteiger partial charge is 0.252 e. The fraction of sp³-hybridized carbons (Fsp3) is 0.316. The topological polar surface area (TPSA) is 69.6 Å². The Kier molecular flexibility index (Phi) is 11.0. The molecular weight excluding hydrogens is 521 g/mol. The fourth-order valence-electron chi connectivity index (χ4n) is 2.36. The van der Waals surface area contributed by atoms with E-state index in [1.807, 2.05) is 32.2 Å². The van der Waals surface area contributed by atoms with Gasteiger partial charge in [-0.15, -0.1) is 24.0 Å². The second kappa shape index (κ2) is 12.7. The van der Waals surface area contributed by atoms with Gasteiger partial charge in [0.2, 0.25) is 0 Å². The summed E-state index contributed by atoms with van der Waals surface area (Å²) in [7, 11) is 2.00. The largest absolute Gasteiger partial charge is 0.357 e. The highest BCUT2D eigenvalue weighted by Gasteiger charge is 2.09. The van der Waals surface area contributed by atoms with Gasteiger partial charge in [-0.25, -0.2) is 0 Å². The van der Waals surface area contributed by atoms with E-state index in [-0.39, 0.29) is 29.9 Å². The third kappa shape index (κ3) is 7.84. The summed E-state index contributed by atoms with van der Waals surface area (Å²) < 4.78 is 1.08. The summed E-state index contributed by atoms with van der Waals surface area (Å²) >= 11 is 3.58. The Bertz CT molecular complexity index is 742. The lowest BCUT2D eigenvalue weighted by Gasteiger charge is -2.22. The molecule has 6 nitrogen and oxygen atoms in total. The molecule has 1 heterocycles. The molecule has 0 saturated carbocycles. The summed E-state index contributed by atoms with van der Waals surface area (Å²) in [6.07, 6.45) is 3.19. The summed E-state index contributed by atoms with van der Waals surface area (Å²) in [5.41, 5.74) is 1.74.